The van der Waals surface area contributed by atoms with Gasteiger partial charge in [0, 0.05) is 11.8 Å². The third-order valence-electron chi connectivity index (χ3n) is 4.45. The van der Waals surface area contributed by atoms with Gasteiger partial charge in [0.15, 0.2) is 11.3 Å². The summed E-state index contributed by atoms with van der Waals surface area (Å²) in [6, 6.07) is 10.1. The maximum absolute atomic E-state index is 12.8. The van der Waals surface area contributed by atoms with Gasteiger partial charge < -0.3 is 5.32 Å². The topological polar surface area (TPSA) is 79.4 Å². The van der Waals surface area contributed by atoms with Crippen molar-refractivity contribution >= 4 is 17.7 Å². The number of amides is 3. The molecule has 3 rings (SSSR count). The molecular formula is C19H19N3O3. The molecule has 6 nitrogen and oxygen atoms in total. The van der Waals surface area contributed by atoms with Gasteiger partial charge in [0.05, 0.1) is 12.2 Å². The first-order chi connectivity index (χ1) is 11.8. The highest BCUT2D eigenvalue weighted by atomic mass is 16.2. The average Bonchev–Trinajstić information content (AvgIpc) is 2.82. The van der Waals surface area contributed by atoms with Crippen LogP contribution in [0, 0.1) is 13.8 Å². The molecule has 0 bridgehead atoms. The number of nitrogens with zero attached hydrogens (tertiary/aromatic N) is 2. The van der Waals surface area contributed by atoms with Crippen LogP contribution >= 0.6 is 0 Å². The van der Waals surface area contributed by atoms with E-state index in [2.05, 4.69) is 10.3 Å². The molecule has 1 aromatic heterocycles. The van der Waals surface area contributed by atoms with Crippen LogP contribution in [0.15, 0.2) is 42.6 Å². The van der Waals surface area contributed by atoms with E-state index in [0.717, 1.165) is 16.0 Å². The molecule has 1 saturated heterocycles. The summed E-state index contributed by atoms with van der Waals surface area (Å²) < 4.78 is 0. The highest BCUT2D eigenvalue weighted by molar-refractivity contribution is 6.11. The highest BCUT2D eigenvalue weighted by Gasteiger charge is 2.50. The minimum Gasteiger partial charge on any atom is -0.318 e. The fourth-order valence-electron chi connectivity index (χ4n) is 2.94. The Morgan fingerprint density at radius 2 is 1.96 bits per heavy atom. The van der Waals surface area contributed by atoms with Crippen LogP contribution in [0.1, 0.15) is 34.1 Å². The summed E-state index contributed by atoms with van der Waals surface area (Å²) in [4.78, 5) is 42.9. The number of aromatic nitrogens is 1. The van der Waals surface area contributed by atoms with E-state index in [9.17, 15) is 14.4 Å². The molecule has 1 unspecified atom stereocenters. The van der Waals surface area contributed by atoms with Gasteiger partial charge in [-0.05, 0) is 44.5 Å². The summed E-state index contributed by atoms with van der Waals surface area (Å²) >= 11 is 0. The van der Waals surface area contributed by atoms with Crippen LogP contribution in [0.2, 0.25) is 0 Å². The van der Waals surface area contributed by atoms with E-state index in [1.54, 1.807) is 37.4 Å². The SMILES string of the molecule is Cc1ccc(C)c(C(=O)CN2C(=O)NC(C)(c3ccccn3)C2=O)c1. The van der Waals surface area contributed by atoms with Crippen molar-refractivity contribution in [2.45, 2.75) is 26.3 Å². The number of nitrogens with one attached hydrogen (secondary N) is 1. The standard InChI is InChI=1S/C19H19N3O3/c1-12-7-8-13(2)14(10-12)15(23)11-22-17(24)19(3,21-18(22)25)16-6-4-5-9-20-16/h4-10H,11H2,1-3H3,(H,21,25). The normalized spacial score (nSPS) is 19.9. The van der Waals surface area contributed by atoms with Gasteiger partial charge >= 0.3 is 6.03 Å². The van der Waals surface area contributed by atoms with Gasteiger partial charge in [-0.3, -0.25) is 19.5 Å². The molecular weight excluding hydrogens is 318 g/mol. The smallest absolute Gasteiger partial charge is 0.318 e. The Kier molecular flexibility index (Phi) is 4.12. The molecule has 128 valence electrons. The van der Waals surface area contributed by atoms with E-state index < -0.39 is 17.5 Å². The number of hydrogen-bond acceptors (Lipinski definition) is 4. The zero-order valence-corrected chi connectivity index (χ0v) is 14.4. The molecule has 1 fully saturated rings. The molecule has 25 heavy (non-hydrogen) atoms. The van der Waals surface area contributed by atoms with Gasteiger partial charge in [0.2, 0.25) is 0 Å². The van der Waals surface area contributed by atoms with Gasteiger partial charge in [-0.15, -0.1) is 0 Å². The number of imide groups is 1. The van der Waals surface area contributed by atoms with Crippen molar-refractivity contribution in [2.75, 3.05) is 6.54 Å². The number of hydrogen-bond donors (Lipinski definition) is 1. The third kappa shape index (κ3) is 2.91. The van der Waals surface area contributed by atoms with Crippen LogP contribution < -0.4 is 5.32 Å². The molecule has 3 amide bonds. The molecule has 0 aliphatic carbocycles. The number of carbonyl (C=O) groups is 3. The minimum absolute atomic E-state index is 0.269. The Morgan fingerprint density at radius 3 is 2.64 bits per heavy atom. The minimum atomic E-state index is -1.26. The molecule has 0 saturated carbocycles. The van der Waals surface area contributed by atoms with Crippen LogP contribution in [0.4, 0.5) is 4.79 Å². The fraction of sp³-hybridized carbons (Fsp3) is 0.263. The molecule has 2 aromatic rings. The number of Topliss-reactive ketones (excluding diaryl/α,β-unsaturated/α-hetero) is 1. The molecule has 0 radical (unpaired) electrons. The van der Waals surface area contributed by atoms with Crippen LogP contribution in [0.3, 0.4) is 0 Å². The summed E-state index contributed by atoms with van der Waals surface area (Å²) in [5.74, 6) is -0.746. The number of carbonyl (C=O) groups excluding carboxylic acids is 3. The van der Waals surface area contributed by atoms with Crippen molar-refractivity contribution in [3.8, 4) is 0 Å². The van der Waals surface area contributed by atoms with Gasteiger partial charge in [0.25, 0.3) is 5.91 Å². The Hall–Kier alpha value is -3.02. The summed E-state index contributed by atoms with van der Waals surface area (Å²) in [5, 5.41) is 2.65. The van der Waals surface area contributed by atoms with Crippen molar-refractivity contribution in [3.05, 3.63) is 65.0 Å². The summed E-state index contributed by atoms with van der Waals surface area (Å²) in [6.45, 7) is 5.02. The van der Waals surface area contributed by atoms with E-state index in [1.807, 2.05) is 26.0 Å². The Morgan fingerprint density at radius 1 is 1.20 bits per heavy atom. The number of rotatable bonds is 4. The first kappa shape index (κ1) is 16.8. The van der Waals surface area contributed by atoms with E-state index in [-0.39, 0.29) is 12.3 Å². The molecule has 6 heteroatoms. The largest absolute Gasteiger partial charge is 0.325 e. The molecule has 1 aliphatic rings. The maximum Gasteiger partial charge on any atom is 0.325 e. The van der Waals surface area contributed by atoms with E-state index in [4.69, 9.17) is 0 Å². The fourth-order valence-corrected chi connectivity index (χ4v) is 2.94. The summed E-state index contributed by atoms with van der Waals surface area (Å²) in [5.41, 5.74) is 1.46. The van der Waals surface area contributed by atoms with Gasteiger partial charge in [-0.1, -0.05) is 23.8 Å². The number of aryl methyl sites for hydroxylation is 2. The first-order valence-electron chi connectivity index (χ1n) is 7.99. The Bertz CT molecular complexity index is 863. The first-order valence-corrected chi connectivity index (χ1v) is 7.99. The van der Waals surface area contributed by atoms with Crippen LogP contribution in [0.25, 0.3) is 0 Å². The molecule has 0 spiro atoms. The molecule has 1 N–H and O–H groups in total. The van der Waals surface area contributed by atoms with E-state index in [1.165, 1.54) is 0 Å². The lowest BCUT2D eigenvalue weighted by molar-refractivity contribution is -0.130. The van der Waals surface area contributed by atoms with Gasteiger partial charge in [0.1, 0.15) is 0 Å². The Labute approximate surface area is 145 Å². The van der Waals surface area contributed by atoms with E-state index >= 15 is 0 Å². The highest BCUT2D eigenvalue weighted by Crippen LogP contribution is 2.27. The van der Waals surface area contributed by atoms with Crippen molar-refractivity contribution in [2.24, 2.45) is 0 Å². The quantitative estimate of drug-likeness (QED) is 0.686. The average molecular weight is 337 g/mol. The van der Waals surface area contributed by atoms with Gasteiger partial charge in [-0.25, -0.2) is 4.79 Å². The molecule has 1 atom stereocenters. The summed E-state index contributed by atoms with van der Waals surface area (Å²) in [6.07, 6.45) is 1.56. The zero-order chi connectivity index (χ0) is 18.2. The zero-order valence-electron chi connectivity index (χ0n) is 14.4. The monoisotopic (exact) mass is 337 g/mol. The van der Waals surface area contributed by atoms with E-state index in [0.29, 0.717) is 11.3 Å². The second kappa shape index (κ2) is 6.12. The molecule has 1 aliphatic heterocycles. The van der Waals surface area contributed by atoms with Crippen LogP contribution in [0.5, 0.6) is 0 Å². The number of ketones is 1. The maximum atomic E-state index is 12.8. The van der Waals surface area contributed by atoms with Crippen molar-refractivity contribution in [3.63, 3.8) is 0 Å². The molecule has 1 aromatic carbocycles. The number of pyridine rings is 1. The van der Waals surface area contributed by atoms with Gasteiger partial charge in [-0.2, -0.15) is 0 Å². The van der Waals surface area contributed by atoms with Crippen molar-refractivity contribution in [1.29, 1.82) is 0 Å². The third-order valence-corrected chi connectivity index (χ3v) is 4.45. The predicted octanol–water partition coefficient (Wildman–Crippen LogP) is 2.35. The lowest BCUT2D eigenvalue weighted by atomic mass is 9.97. The number of urea groups is 1. The van der Waals surface area contributed by atoms with Crippen molar-refractivity contribution in [1.82, 2.24) is 15.2 Å². The lowest BCUT2D eigenvalue weighted by Crippen LogP contribution is -2.42. The summed E-state index contributed by atoms with van der Waals surface area (Å²) in [7, 11) is 0. The second-order valence-corrected chi connectivity index (χ2v) is 6.40. The lowest BCUT2D eigenvalue weighted by Gasteiger charge is -2.20. The predicted molar refractivity (Wildman–Crippen MR) is 92.1 cm³/mol. The van der Waals surface area contributed by atoms with Crippen molar-refractivity contribution < 1.29 is 14.4 Å². The second-order valence-electron chi connectivity index (χ2n) is 6.40. The van der Waals surface area contributed by atoms with Crippen LogP contribution in [-0.2, 0) is 10.3 Å². The number of benzene rings is 1. The Balaban J connectivity index is 1.86. The van der Waals surface area contributed by atoms with Crippen LogP contribution in [-0.4, -0.2) is 34.2 Å². The molecule has 2 heterocycles.